The molecule has 0 aliphatic rings. The van der Waals surface area contributed by atoms with Crippen LogP contribution in [0.2, 0.25) is 0 Å². The summed E-state index contributed by atoms with van der Waals surface area (Å²) in [6, 6.07) is 5.10. The molecule has 0 amide bonds. The largest absolute Gasteiger partial charge is 0.466 e. The molecule has 0 fully saturated rings. The number of aliphatic hydroxyl groups excluding tert-OH is 2. The van der Waals surface area contributed by atoms with Gasteiger partial charge in [0.25, 0.3) is 5.69 Å². The van der Waals surface area contributed by atoms with E-state index in [0.29, 0.717) is 5.56 Å². The van der Waals surface area contributed by atoms with Crippen molar-refractivity contribution in [1.82, 2.24) is 0 Å². The van der Waals surface area contributed by atoms with E-state index in [2.05, 4.69) is 4.74 Å². The first-order chi connectivity index (χ1) is 8.95. The van der Waals surface area contributed by atoms with E-state index in [1.807, 2.05) is 0 Å². The molecule has 104 valence electrons. The topological polar surface area (TPSA) is 110 Å². The fourth-order valence-electron chi connectivity index (χ4n) is 1.52. The number of carbonyl (C=O) groups excluding carboxylic acids is 1. The van der Waals surface area contributed by atoms with Gasteiger partial charge in [0.05, 0.1) is 24.1 Å². The smallest absolute Gasteiger partial charge is 0.308 e. The first-order valence-corrected chi connectivity index (χ1v) is 5.71. The Morgan fingerprint density at radius 2 is 1.95 bits per heavy atom. The quantitative estimate of drug-likeness (QED) is 0.452. The molecule has 0 aliphatic carbocycles. The number of hydrogen-bond acceptors (Lipinski definition) is 6. The lowest BCUT2D eigenvalue weighted by atomic mass is 10.0. The highest BCUT2D eigenvalue weighted by atomic mass is 16.6. The number of benzene rings is 1. The van der Waals surface area contributed by atoms with Crippen molar-refractivity contribution in [1.29, 1.82) is 0 Å². The molecule has 0 aromatic heterocycles. The van der Waals surface area contributed by atoms with Gasteiger partial charge in [-0.1, -0.05) is 0 Å². The van der Waals surface area contributed by atoms with Crippen molar-refractivity contribution in [3.63, 3.8) is 0 Å². The molecular weight excluding hydrogens is 254 g/mol. The van der Waals surface area contributed by atoms with Crippen LogP contribution in [0, 0.1) is 10.1 Å². The Hall–Kier alpha value is -1.99. The Labute approximate surface area is 109 Å². The van der Waals surface area contributed by atoms with Gasteiger partial charge >= 0.3 is 5.97 Å². The number of non-ortho nitro benzene ring substituents is 1. The molecular formula is C12H15NO6. The van der Waals surface area contributed by atoms with Crippen LogP contribution in [-0.4, -0.2) is 33.8 Å². The van der Waals surface area contributed by atoms with E-state index in [0.717, 1.165) is 0 Å². The minimum Gasteiger partial charge on any atom is -0.466 e. The number of nitrogens with zero attached hydrogens (tertiary/aromatic N) is 1. The van der Waals surface area contributed by atoms with Gasteiger partial charge in [-0.3, -0.25) is 14.9 Å². The standard InChI is InChI=1S/C12H15NO6/c1-2-19-11(15)7-10(14)12(16)8-3-5-9(6-4-8)13(17)18/h3-6,10,12,14,16H,2,7H2,1H3. The predicted molar refractivity (Wildman–Crippen MR) is 65.3 cm³/mol. The SMILES string of the molecule is CCOC(=O)CC(O)C(O)c1ccc([N+](=O)[O-])cc1. The van der Waals surface area contributed by atoms with Crippen molar-refractivity contribution in [2.75, 3.05) is 6.61 Å². The molecule has 7 heteroatoms. The zero-order valence-corrected chi connectivity index (χ0v) is 10.4. The average molecular weight is 269 g/mol. The van der Waals surface area contributed by atoms with Crippen molar-refractivity contribution < 1.29 is 24.7 Å². The van der Waals surface area contributed by atoms with Crippen molar-refractivity contribution in [3.8, 4) is 0 Å². The van der Waals surface area contributed by atoms with Crippen LogP contribution in [0.1, 0.15) is 25.0 Å². The van der Waals surface area contributed by atoms with E-state index < -0.39 is 23.1 Å². The Kier molecular flexibility index (Phi) is 5.40. The van der Waals surface area contributed by atoms with E-state index in [1.165, 1.54) is 24.3 Å². The first-order valence-electron chi connectivity index (χ1n) is 5.71. The summed E-state index contributed by atoms with van der Waals surface area (Å²) in [4.78, 5) is 21.1. The molecule has 1 aromatic rings. The maximum Gasteiger partial charge on any atom is 0.308 e. The summed E-state index contributed by atoms with van der Waals surface area (Å²) < 4.78 is 4.65. The van der Waals surface area contributed by atoms with Crippen LogP contribution in [0.3, 0.4) is 0 Å². The molecule has 0 bridgehead atoms. The van der Waals surface area contributed by atoms with Gasteiger partial charge in [-0.05, 0) is 24.6 Å². The number of aliphatic hydroxyl groups is 2. The monoisotopic (exact) mass is 269 g/mol. The van der Waals surface area contributed by atoms with Crippen LogP contribution in [0.25, 0.3) is 0 Å². The molecule has 1 aromatic carbocycles. The molecule has 1 rings (SSSR count). The lowest BCUT2D eigenvalue weighted by molar-refractivity contribution is -0.384. The summed E-state index contributed by atoms with van der Waals surface area (Å²) in [6.45, 7) is 1.83. The van der Waals surface area contributed by atoms with Crippen molar-refractivity contribution in [3.05, 3.63) is 39.9 Å². The van der Waals surface area contributed by atoms with E-state index in [9.17, 15) is 25.1 Å². The molecule has 2 unspecified atom stereocenters. The van der Waals surface area contributed by atoms with E-state index in [-0.39, 0.29) is 18.7 Å². The van der Waals surface area contributed by atoms with Crippen LogP contribution in [0.15, 0.2) is 24.3 Å². The zero-order chi connectivity index (χ0) is 14.4. The number of ether oxygens (including phenoxy) is 1. The van der Waals surface area contributed by atoms with Crippen LogP contribution in [0.5, 0.6) is 0 Å². The van der Waals surface area contributed by atoms with E-state index in [1.54, 1.807) is 6.92 Å². The molecule has 0 saturated heterocycles. The van der Waals surface area contributed by atoms with Gasteiger partial charge in [0.1, 0.15) is 6.10 Å². The normalized spacial score (nSPS) is 13.6. The number of rotatable bonds is 6. The first kappa shape index (κ1) is 15.1. The minimum absolute atomic E-state index is 0.115. The Bertz CT molecular complexity index is 444. The highest BCUT2D eigenvalue weighted by Crippen LogP contribution is 2.22. The Morgan fingerprint density at radius 1 is 1.37 bits per heavy atom. The van der Waals surface area contributed by atoms with Crippen LogP contribution >= 0.6 is 0 Å². The van der Waals surface area contributed by atoms with Crippen LogP contribution in [-0.2, 0) is 9.53 Å². The van der Waals surface area contributed by atoms with E-state index >= 15 is 0 Å². The Morgan fingerprint density at radius 3 is 2.42 bits per heavy atom. The van der Waals surface area contributed by atoms with Gasteiger partial charge in [-0.25, -0.2) is 0 Å². The Balaban J connectivity index is 2.68. The molecule has 0 aliphatic heterocycles. The summed E-state index contributed by atoms with van der Waals surface area (Å²) >= 11 is 0. The number of nitro benzene ring substituents is 1. The van der Waals surface area contributed by atoms with Gasteiger partial charge in [0, 0.05) is 12.1 Å². The third kappa shape index (κ3) is 4.31. The molecule has 0 spiro atoms. The zero-order valence-electron chi connectivity index (χ0n) is 10.4. The fraction of sp³-hybridized carbons (Fsp3) is 0.417. The summed E-state index contributed by atoms with van der Waals surface area (Å²) in [5, 5.41) is 29.9. The third-order valence-electron chi connectivity index (χ3n) is 2.49. The molecule has 0 heterocycles. The lowest BCUT2D eigenvalue weighted by Gasteiger charge is -2.17. The van der Waals surface area contributed by atoms with Gasteiger partial charge in [-0.15, -0.1) is 0 Å². The van der Waals surface area contributed by atoms with Crippen molar-refractivity contribution in [2.24, 2.45) is 0 Å². The highest BCUT2D eigenvalue weighted by molar-refractivity contribution is 5.70. The molecule has 0 radical (unpaired) electrons. The van der Waals surface area contributed by atoms with Crippen LogP contribution in [0.4, 0.5) is 5.69 Å². The molecule has 0 saturated carbocycles. The second-order valence-electron chi connectivity index (χ2n) is 3.87. The van der Waals surface area contributed by atoms with Gasteiger partial charge < -0.3 is 14.9 Å². The van der Waals surface area contributed by atoms with E-state index in [4.69, 9.17) is 0 Å². The number of carbonyl (C=O) groups is 1. The molecule has 7 nitrogen and oxygen atoms in total. The molecule has 19 heavy (non-hydrogen) atoms. The number of esters is 1. The van der Waals surface area contributed by atoms with Gasteiger partial charge in [0.15, 0.2) is 0 Å². The second kappa shape index (κ2) is 6.81. The third-order valence-corrected chi connectivity index (χ3v) is 2.49. The van der Waals surface area contributed by atoms with Crippen LogP contribution < -0.4 is 0 Å². The number of hydrogen-bond donors (Lipinski definition) is 2. The van der Waals surface area contributed by atoms with Crippen molar-refractivity contribution in [2.45, 2.75) is 25.6 Å². The average Bonchev–Trinajstić information content (AvgIpc) is 2.38. The highest BCUT2D eigenvalue weighted by Gasteiger charge is 2.22. The minimum atomic E-state index is -1.32. The summed E-state index contributed by atoms with van der Waals surface area (Å²) in [6.07, 6.45) is -2.96. The summed E-state index contributed by atoms with van der Waals surface area (Å²) in [5.74, 6) is -0.615. The van der Waals surface area contributed by atoms with Gasteiger partial charge in [-0.2, -0.15) is 0 Å². The van der Waals surface area contributed by atoms with Crippen molar-refractivity contribution >= 4 is 11.7 Å². The molecule has 2 N–H and O–H groups in total. The second-order valence-corrected chi connectivity index (χ2v) is 3.87. The maximum absolute atomic E-state index is 11.2. The summed E-state index contributed by atoms with van der Waals surface area (Å²) in [7, 11) is 0. The molecule has 2 atom stereocenters. The number of nitro groups is 1. The lowest BCUT2D eigenvalue weighted by Crippen LogP contribution is -2.23. The van der Waals surface area contributed by atoms with Gasteiger partial charge in [0.2, 0.25) is 0 Å². The maximum atomic E-state index is 11.2. The summed E-state index contributed by atoms with van der Waals surface area (Å²) in [5.41, 5.74) is 0.179. The fourth-order valence-corrected chi connectivity index (χ4v) is 1.52. The predicted octanol–water partition coefficient (Wildman–Crippen LogP) is 0.942.